The first-order valence-corrected chi connectivity index (χ1v) is 10.6. The molecule has 2 N–H and O–H groups in total. The number of rotatable bonds is 15. The van der Waals surface area contributed by atoms with Crippen LogP contribution in [0.25, 0.3) is 0 Å². The van der Waals surface area contributed by atoms with Crippen LogP contribution in [0.15, 0.2) is 12.7 Å². The van der Waals surface area contributed by atoms with Gasteiger partial charge in [0.05, 0.1) is 25.3 Å². The van der Waals surface area contributed by atoms with Gasteiger partial charge >= 0.3 is 19.5 Å². The molecule has 0 aliphatic heterocycles. The summed E-state index contributed by atoms with van der Waals surface area (Å²) in [6.07, 6.45) is 8.34. The van der Waals surface area contributed by atoms with Gasteiger partial charge < -0.3 is 19.3 Å². The minimum absolute atomic E-state index is 0.0780. The van der Waals surface area contributed by atoms with Gasteiger partial charge in [0.1, 0.15) is 0 Å². The maximum atomic E-state index is 11.2. The molecule has 0 rings (SSSR count). The molecule has 0 saturated carbocycles. The van der Waals surface area contributed by atoms with Gasteiger partial charge in [-0.05, 0) is 26.2 Å². The second kappa shape index (κ2) is 14.0. The van der Waals surface area contributed by atoms with Crippen LogP contribution in [0.2, 0.25) is 0 Å². The van der Waals surface area contributed by atoms with Crippen molar-refractivity contribution in [2.75, 3.05) is 12.8 Å². The van der Waals surface area contributed by atoms with Gasteiger partial charge in [-0.15, -0.1) is 0 Å². The normalized spacial score (nSPS) is 12.4. The summed E-state index contributed by atoms with van der Waals surface area (Å²) in [5.74, 6) is -0.940. The molecule has 0 aromatic heterocycles. The van der Waals surface area contributed by atoms with Crippen molar-refractivity contribution >= 4 is 19.5 Å². The molecule has 1 atom stereocenters. The summed E-state index contributed by atoms with van der Waals surface area (Å²) >= 11 is 0. The minimum Gasteiger partial charge on any atom is -0.466 e. The fraction of sp³-hybridized carbons (Fsp3) is 0.765. The van der Waals surface area contributed by atoms with Crippen LogP contribution in [-0.2, 0) is 23.6 Å². The predicted octanol–water partition coefficient (Wildman–Crippen LogP) is 3.34. The summed E-state index contributed by atoms with van der Waals surface area (Å²) in [6.45, 7) is 5.54. The first-order valence-electron chi connectivity index (χ1n) is 8.78. The van der Waals surface area contributed by atoms with Crippen LogP contribution < -0.4 is 0 Å². The Bertz CT molecular complexity index is 444. The molecule has 0 aliphatic carbocycles. The van der Waals surface area contributed by atoms with Crippen molar-refractivity contribution in [2.45, 2.75) is 70.8 Å². The SMILES string of the molecule is C=CC(=O)OC(C)CCCCCCCCCOC(=O)CCP(=O)(O)O. The lowest BCUT2D eigenvalue weighted by Crippen LogP contribution is -2.12. The topological polar surface area (TPSA) is 110 Å². The van der Waals surface area contributed by atoms with Gasteiger partial charge in [0, 0.05) is 6.08 Å². The van der Waals surface area contributed by atoms with E-state index in [9.17, 15) is 14.2 Å². The van der Waals surface area contributed by atoms with Gasteiger partial charge in [0.2, 0.25) is 0 Å². The van der Waals surface area contributed by atoms with Gasteiger partial charge in [-0.25, -0.2) is 4.79 Å². The highest BCUT2D eigenvalue weighted by Crippen LogP contribution is 2.34. The lowest BCUT2D eigenvalue weighted by molar-refractivity contribution is -0.143. The van der Waals surface area contributed by atoms with Gasteiger partial charge in [0.25, 0.3) is 0 Å². The van der Waals surface area contributed by atoms with Crippen LogP contribution >= 0.6 is 7.60 Å². The van der Waals surface area contributed by atoms with E-state index in [1.54, 1.807) is 0 Å². The Labute approximate surface area is 149 Å². The van der Waals surface area contributed by atoms with Crippen molar-refractivity contribution < 1.29 is 33.4 Å². The smallest absolute Gasteiger partial charge is 0.330 e. The molecule has 0 spiro atoms. The van der Waals surface area contributed by atoms with Crippen LogP contribution in [0.4, 0.5) is 0 Å². The highest BCUT2D eigenvalue weighted by atomic mass is 31.2. The monoisotopic (exact) mass is 378 g/mol. The number of hydrogen-bond acceptors (Lipinski definition) is 5. The van der Waals surface area contributed by atoms with Crippen molar-refractivity contribution in [1.82, 2.24) is 0 Å². The second-order valence-corrected chi connectivity index (χ2v) is 7.85. The Balaban J connectivity index is 3.36. The molecule has 8 heteroatoms. The van der Waals surface area contributed by atoms with E-state index in [-0.39, 0.29) is 18.5 Å². The molecule has 25 heavy (non-hydrogen) atoms. The number of carbonyl (C=O) groups excluding carboxylic acids is 2. The fourth-order valence-corrected chi connectivity index (χ4v) is 2.69. The zero-order valence-electron chi connectivity index (χ0n) is 15.0. The Kier molecular flexibility index (Phi) is 13.4. The molecule has 0 aromatic rings. The van der Waals surface area contributed by atoms with Crippen molar-refractivity contribution in [3.05, 3.63) is 12.7 Å². The molecule has 0 saturated heterocycles. The van der Waals surface area contributed by atoms with Crippen LogP contribution in [0.5, 0.6) is 0 Å². The molecule has 0 radical (unpaired) electrons. The first-order chi connectivity index (χ1) is 11.7. The van der Waals surface area contributed by atoms with Crippen molar-refractivity contribution in [2.24, 2.45) is 0 Å². The Morgan fingerprint density at radius 2 is 1.64 bits per heavy atom. The predicted molar refractivity (Wildman–Crippen MR) is 95.2 cm³/mol. The van der Waals surface area contributed by atoms with E-state index in [1.807, 2.05) is 6.92 Å². The highest BCUT2D eigenvalue weighted by molar-refractivity contribution is 7.51. The third kappa shape index (κ3) is 17.4. The van der Waals surface area contributed by atoms with Crippen molar-refractivity contribution in [3.8, 4) is 0 Å². The maximum Gasteiger partial charge on any atom is 0.330 e. The first kappa shape index (κ1) is 23.8. The number of esters is 2. The molecule has 7 nitrogen and oxygen atoms in total. The third-order valence-corrected chi connectivity index (χ3v) is 4.42. The van der Waals surface area contributed by atoms with Gasteiger partial charge in [-0.1, -0.05) is 38.7 Å². The zero-order chi connectivity index (χ0) is 19.1. The molecular weight excluding hydrogens is 347 g/mol. The Morgan fingerprint density at radius 3 is 2.20 bits per heavy atom. The second-order valence-electron chi connectivity index (χ2n) is 6.07. The molecule has 146 valence electrons. The highest BCUT2D eigenvalue weighted by Gasteiger charge is 2.15. The van der Waals surface area contributed by atoms with Crippen LogP contribution in [0.3, 0.4) is 0 Å². The quantitative estimate of drug-likeness (QED) is 0.195. The van der Waals surface area contributed by atoms with E-state index in [2.05, 4.69) is 6.58 Å². The molecule has 0 amide bonds. The summed E-state index contributed by atoms with van der Waals surface area (Å²) in [4.78, 5) is 39.5. The summed E-state index contributed by atoms with van der Waals surface area (Å²) < 4.78 is 20.6. The van der Waals surface area contributed by atoms with Crippen molar-refractivity contribution in [3.63, 3.8) is 0 Å². The number of unbranched alkanes of at least 4 members (excludes halogenated alkanes) is 6. The largest absolute Gasteiger partial charge is 0.466 e. The lowest BCUT2D eigenvalue weighted by atomic mass is 10.1. The minimum atomic E-state index is -4.13. The Hall–Kier alpha value is -1.17. The van der Waals surface area contributed by atoms with E-state index in [4.69, 9.17) is 19.3 Å². The molecule has 0 aromatic carbocycles. The lowest BCUT2D eigenvalue weighted by Gasteiger charge is -2.11. The van der Waals surface area contributed by atoms with Crippen LogP contribution in [-0.4, -0.2) is 40.6 Å². The molecule has 0 aliphatic rings. The summed E-state index contributed by atoms with van der Waals surface area (Å²) in [7, 11) is -4.13. The Morgan fingerprint density at radius 1 is 1.08 bits per heavy atom. The van der Waals surface area contributed by atoms with Gasteiger partial charge in [-0.2, -0.15) is 0 Å². The van der Waals surface area contributed by atoms with E-state index in [0.717, 1.165) is 51.4 Å². The molecule has 0 bridgehead atoms. The summed E-state index contributed by atoms with van der Waals surface area (Å²) in [5, 5.41) is 0. The average molecular weight is 378 g/mol. The van der Waals surface area contributed by atoms with Gasteiger partial charge in [-0.3, -0.25) is 9.36 Å². The average Bonchev–Trinajstić information content (AvgIpc) is 2.53. The maximum absolute atomic E-state index is 11.2. The number of ether oxygens (including phenoxy) is 2. The van der Waals surface area contributed by atoms with E-state index >= 15 is 0 Å². The molecule has 0 fully saturated rings. The molecular formula is C17H31O7P. The molecule has 0 heterocycles. The summed E-state index contributed by atoms with van der Waals surface area (Å²) in [6, 6.07) is 0. The fourth-order valence-electron chi connectivity index (χ4n) is 2.22. The standard InChI is InChI=1S/C17H31O7P/c1-3-16(18)24-15(2)11-9-7-5-4-6-8-10-13-23-17(19)12-14-25(20,21)22/h3,15H,1,4-14H2,2H3,(H2,20,21,22). The van der Waals surface area contributed by atoms with E-state index < -0.39 is 19.7 Å². The summed E-state index contributed by atoms with van der Waals surface area (Å²) in [5.41, 5.74) is 0. The number of hydrogen-bond donors (Lipinski definition) is 2. The van der Waals surface area contributed by atoms with Crippen molar-refractivity contribution in [1.29, 1.82) is 0 Å². The van der Waals surface area contributed by atoms with Crippen LogP contribution in [0.1, 0.15) is 64.7 Å². The van der Waals surface area contributed by atoms with Gasteiger partial charge in [0.15, 0.2) is 0 Å². The van der Waals surface area contributed by atoms with Crippen LogP contribution in [0, 0.1) is 0 Å². The third-order valence-electron chi connectivity index (χ3n) is 3.61. The molecule has 1 unspecified atom stereocenters. The zero-order valence-corrected chi connectivity index (χ0v) is 15.9. The van der Waals surface area contributed by atoms with E-state index in [0.29, 0.717) is 6.61 Å². The number of carbonyl (C=O) groups is 2. The van der Waals surface area contributed by atoms with E-state index in [1.165, 1.54) is 6.08 Å².